The fourth-order valence-electron chi connectivity index (χ4n) is 0.290. The minimum Gasteiger partial charge on any atom is -0.282 e. The molecule has 60 valence electrons. The minimum absolute atomic E-state index is 0.212. The van der Waals surface area contributed by atoms with Gasteiger partial charge in [0.25, 0.3) is 10.1 Å². The second kappa shape index (κ2) is 2.72. The molecule has 0 amide bonds. The molecule has 0 saturated heterocycles. The van der Waals surface area contributed by atoms with Crippen molar-refractivity contribution >= 4 is 10.1 Å². The summed E-state index contributed by atoms with van der Waals surface area (Å²) in [6, 6.07) is 0. The summed E-state index contributed by atoms with van der Waals surface area (Å²) in [6.07, 6.45) is 1.43. The fourth-order valence-corrected chi connectivity index (χ4v) is 0.870. The van der Waals surface area contributed by atoms with Crippen LogP contribution in [0.25, 0.3) is 0 Å². The number of hydrogen-bond donors (Lipinski definition) is 1. The van der Waals surface area contributed by atoms with E-state index >= 15 is 0 Å². The Morgan fingerprint density at radius 2 is 1.70 bits per heavy atom. The van der Waals surface area contributed by atoms with Gasteiger partial charge in [0.15, 0.2) is 0 Å². The Balaban J connectivity index is 4.31. The van der Waals surface area contributed by atoms with Crippen molar-refractivity contribution in [2.75, 3.05) is 0 Å². The zero-order valence-corrected chi connectivity index (χ0v) is 7.14. The van der Waals surface area contributed by atoms with Gasteiger partial charge in [-0.25, -0.2) is 0 Å². The molecule has 0 aliphatic rings. The summed E-state index contributed by atoms with van der Waals surface area (Å²) in [5.74, 6) is 0. The Bertz CT molecular complexity index is 218. The zero-order valence-electron chi connectivity index (χ0n) is 6.33. The average Bonchev–Trinajstić information content (AvgIpc) is 1.57. The highest BCUT2D eigenvalue weighted by atomic mass is 32.2. The summed E-state index contributed by atoms with van der Waals surface area (Å²) in [7, 11) is -3.94. The summed E-state index contributed by atoms with van der Waals surface area (Å²) >= 11 is 0. The van der Waals surface area contributed by atoms with Gasteiger partial charge in [0.1, 0.15) is 0 Å². The molecule has 4 heteroatoms. The van der Waals surface area contributed by atoms with Gasteiger partial charge in [-0.2, -0.15) is 8.42 Å². The lowest BCUT2D eigenvalue weighted by Gasteiger charge is -2.09. The van der Waals surface area contributed by atoms with Gasteiger partial charge in [-0.15, -0.1) is 0 Å². The van der Waals surface area contributed by atoms with Crippen LogP contribution in [0.15, 0.2) is 11.5 Å². The Kier molecular flexibility index (Phi) is 2.62. The molecule has 0 spiro atoms. The second-order valence-electron chi connectivity index (χ2n) is 3.18. The van der Waals surface area contributed by atoms with E-state index in [2.05, 4.69) is 0 Å². The van der Waals surface area contributed by atoms with Crippen LogP contribution < -0.4 is 0 Å². The molecule has 0 atom stereocenters. The number of rotatable bonds is 1. The van der Waals surface area contributed by atoms with Gasteiger partial charge in [0.05, 0.1) is 5.41 Å². The van der Waals surface area contributed by atoms with E-state index in [-0.39, 0.29) is 5.41 Å². The van der Waals surface area contributed by atoms with Crippen molar-refractivity contribution in [3.8, 4) is 0 Å². The highest BCUT2D eigenvalue weighted by Gasteiger charge is 2.06. The molecule has 0 radical (unpaired) electrons. The molecular weight excluding hydrogens is 152 g/mol. The molecule has 0 unspecified atom stereocenters. The third-order valence-electron chi connectivity index (χ3n) is 0.740. The normalized spacial score (nSPS) is 14.4. The van der Waals surface area contributed by atoms with Crippen molar-refractivity contribution in [3.63, 3.8) is 0 Å². The van der Waals surface area contributed by atoms with E-state index in [4.69, 9.17) is 4.55 Å². The predicted molar refractivity (Wildman–Crippen MR) is 40.1 cm³/mol. The van der Waals surface area contributed by atoms with Gasteiger partial charge in [-0.1, -0.05) is 26.8 Å². The molecule has 1 N–H and O–H groups in total. The van der Waals surface area contributed by atoms with Gasteiger partial charge in [0, 0.05) is 0 Å². The minimum atomic E-state index is -3.94. The highest BCUT2D eigenvalue weighted by molar-refractivity contribution is 7.88. The first-order chi connectivity index (χ1) is 4.21. The van der Waals surface area contributed by atoms with E-state index in [9.17, 15) is 8.42 Å². The van der Waals surface area contributed by atoms with Crippen LogP contribution in [0.2, 0.25) is 0 Å². The van der Waals surface area contributed by atoms with Crippen LogP contribution in [0, 0.1) is 5.41 Å². The molecule has 0 aromatic heterocycles. The van der Waals surface area contributed by atoms with Crippen LogP contribution in [0.5, 0.6) is 0 Å². The first kappa shape index (κ1) is 9.65. The van der Waals surface area contributed by atoms with Crippen molar-refractivity contribution in [1.82, 2.24) is 0 Å². The van der Waals surface area contributed by atoms with Crippen molar-refractivity contribution < 1.29 is 13.0 Å². The van der Waals surface area contributed by atoms with Crippen LogP contribution in [0.3, 0.4) is 0 Å². The molecule has 0 aliphatic heterocycles. The lowest BCUT2D eigenvalue weighted by Crippen LogP contribution is -2.01. The van der Waals surface area contributed by atoms with E-state index < -0.39 is 10.1 Å². The Labute approximate surface area is 61.5 Å². The molecule has 10 heavy (non-hydrogen) atoms. The van der Waals surface area contributed by atoms with Gasteiger partial charge in [0.2, 0.25) is 0 Å². The highest BCUT2D eigenvalue weighted by Crippen LogP contribution is 2.14. The van der Waals surface area contributed by atoms with E-state index in [1.54, 1.807) is 0 Å². The molecule has 0 heterocycles. The molecule has 3 nitrogen and oxygen atoms in total. The number of hydrogen-bond acceptors (Lipinski definition) is 2. The molecule has 0 bridgehead atoms. The van der Waals surface area contributed by atoms with Crippen LogP contribution in [0.1, 0.15) is 20.8 Å². The molecule has 0 fully saturated rings. The van der Waals surface area contributed by atoms with Gasteiger partial charge in [-0.3, -0.25) is 4.55 Å². The topological polar surface area (TPSA) is 54.4 Å². The Morgan fingerprint density at radius 3 is 1.80 bits per heavy atom. The van der Waals surface area contributed by atoms with Crippen LogP contribution in [-0.2, 0) is 10.1 Å². The third-order valence-corrected chi connectivity index (χ3v) is 1.22. The quantitative estimate of drug-likeness (QED) is 0.596. The van der Waals surface area contributed by atoms with E-state index in [0.717, 1.165) is 5.41 Å². The zero-order chi connectivity index (χ0) is 8.41. The van der Waals surface area contributed by atoms with E-state index in [1.165, 1.54) is 6.08 Å². The maximum absolute atomic E-state index is 10.1. The lowest BCUT2D eigenvalue weighted by atomic mass is 9.98. The monoisotopic (exact) mass is 164 g/mol. The van der Waals surface area contributed by atoms with Crippen molar-refractivity contribution in [1.29, 1.82) is 0 Å². The van der Waals surface area contributed by atoms with Gasteiger partial charge < -0.3 is 0 Å². The fraction of sp³-hybridized carbons (Fsp3) is 0.667. The maximum Gasteiger partial charge on any atom is 0.287 e. The summed E-state index contributed by atoms with van der Waals surface area (Å²) < 4.78 is 28.6. The first-order valence-electron chi connectivity index (χ1n) is 2.87. The summed E-state index contributed by atoms with van der Waals surface area (Å²) in [5.41, 5.74) is -0.212. The Morgan fingerprint density at radius 1 is 1.30 bits per heavy atom. The lowest BCUT2D eigenvalue weighted by molar-refractivity contribution is 0.491. The third kappa shape index (κ3) is 7.65. The van der Waals surface area contributed by atoms with Gasteiger partial charge in [-0.05, 0) is 5.41 Å². The summed E-state index contributed by atoms with van der Waals surface area (Å²) in [4.78, 5) is 0. The molecule has 0 rings (SSSR count). The SMILES string of the molecule is CC(C)(C)C=CS(=O)(=O)O. The number of allylic oxidation sites excluding steroid dienone is 1. The van der Waals surface area contributed by atoms with E-state index in [0.29, 0.717) is 0 Å². The molecule has 0 aliphatic carbocycles. The largest absolute Gasteiger partial charge is 0.287 e. The van der Waals surface area contributed by atoms with Crippen LogP contribution in [0.4, 0.5) is 0 Å². The summed E-state index contributed by atoms with van der Waals surface area (Å²) in [5, 5.41) is 0.799. The molecule has 0 saturated carbocycles. The standard InChI is InChI=1S/C6H12O3S/c1-6(2,3)4-5-10(7,8)9/h4-5H,1-3H3,(H,7,8,9). The molecule has 0 aromatic carbocycles. The average molecular weight is 164 g/mol. The predicted octanol–water partition coefficient (Wildman–Crippen LogP) is 1.43. The van der Waals surface area contributed by atoms with Crippen molar-refractivity contribution in [2.45, 2.75) is 20.8 Å². The van der Waals surface area contributed by atoms with Crippen LogP contribution in [-0.4, -0.2) is 13.0 Å². The van der Waals surface area contributed by atoms with Crippen LogP contribution >= 0.6 is 0 Å². The molecular formula is C6H12O3S. The van der Waals surface area contributed by atoms with Gasteiger partial charge >= 0.3 is 0 Å². The Hall–Kier alpha value is -0.350. The van der Waals surface area contributed by atoms with Crippen molar-refractivity contribution in [2.24, 2.45) is 5.41 Å². The smallest absolute Gasteiger partial charge is 0.282 e. The maximum atomic E-state index is 10.1. The van der Waals surface area contributed by atoms with Crippen molar-refractivity contribution in [3.05, 3.63) is 11.5 Å². The van der Waals surface area contributed by atoms with E-state index in [1.807, 2.05) is 20.8 Å². The molecule has 0 aromatic rings. The first-order valence-corrected chi connectivity index (χ1v) is 4.38. The summed E-state index contributed by atoms with van der Waals surface area (Å²) in [6.45, 7) is 5.53. The second-order valence-corrected chi connectivity index (χ2v) is 4.49.